The van der Waals surface area contributed by atoms with Crippen molar-refractivity contribution in [3.63, 3.8) is 0 Å². The fourth-order valence-corrected chi connectivity index (χ4v) is 4.78. The summed E-state index contributed by atoms with van der Waals surface area (Å²) >= 11 is 0. The highest BCUT2D eigenvalue weighted by atomic mass is 16.3. The number of hydrogen-bond acceptors (Lipinski definition) is 8. The van der Waals surface area contributed by atoms with Crippen LogP contribution in [-0.4, -0.2) is 61.3 Å². The second-order valence-corrected chi connectivity index (χ2v) is 10.3. The number of hydrogen-bond donors (Lipinski definition) is 5. The van der Waals surface area contributed by atoms with Crippen LogP contribution < -0.4 is 16.0 Å². The zero-order valence-electron chi connectivity index (χ0n) is 24.0. The largest absolute Gasteiger partial charge is 0.381 e. The Balaban J connectivity index is 1.28. The molecule has 0 radical (unpaired) electrons. The summed E-state index contributed by atoms with van der Waals surface area (Å²) < 4.78 is 0. The van der Waals surface area contributed by atoms with E-state index in [4.69, 9.17) is 0 Å². The lowest BCUT2D eigenvalue weighted by atomic mass is 10.00. The molecule has 0 saturated carbocycles. The maximum atomic E-state index is 13.4. The third-order valence-electron chi connectivity index (χ3n) is 7.11. The molecule has 12 heteroatoms. The van der Waals surface area contributed by atoms with Crippen LogP contribution in [0.5, 0.6) is 0 Å². The highest BCUT2D eigenvalue weighted by molar-refractivity contribution is 6.39. The summed E-state index contributed by atoms with van der Waals surface area (Å²) in [5, 5.41) is 33.4. The van der Waals surface area contributed by atoms with Gasteiger partial charge < -0.3 is 21.1 Å². The minimum Gasteiger partial charge on any atom is -0.381 e. The number of carbonyl (C=O) groups is 3. The van der Waals surface area contributed by atoms with E-state index in [2.05, 4.69) is 41.6 Å². The van der Waals surface area contributed by atoms with E-state index in [-0.39, 0.29) is 29.8 Å². The molecule has 0 fully saturated rings. The van der Waals surface area contributed by atoms with E-state index in [1.54, 1.807) is 30.3 Å². The van der Waals surface area contributed by atoms with Crippen LogP contribution in [0.25, 0.3) is 11.4 Å². The van der Waals surface area contributed by atoms with E-state index in [1.165, 1.54) is 0 Å². The molecule has 12 nitrogen and oxygen atoms in total. The number of allylic oxidation sites excluding steroid dienone is 1. The molecule has 0 spiro atoms. The number of nitrogens with one attached hydrogen (secondary N) is 4. The molecular formula is C32H32N8O4. The van der Waals surface area contributed by atoms with Gasteiger partial charge in [-0.15, -0.1) is 10.2 Å². The SMILES string of the molecule is C[C@@H](NC(=O)C1=NC(C(=O)NC(Cc2ccccc2)[C@H](O)C(=O)Nc2cccc(-c3nn[nH]n3)c2)=CCC1)c1ccccc1. The van der Waals surface area contributed by atoms with Gasteiger partial charge in [0.2, 0.25) is 5.82 Å². The fraction of sp³-hybridized carbons (Fsp3) is 0.219. The Hall–Kier alpha value is -5.49. The van der Waals surface area contributed by atoms with Crippen molar-refractivity contribution in [2.24, 2.45) is 4.99 Å². The van der Waals surface area contributed by atoms with Crippen LogP contribution >= 0.6 is 0 Å². The molecule has 3 amide bonds. The van der Waals surface area contributed by atoms with Gasteiger partial charge in [-0.2, -0.15) is 5.21 Å². The second-order valence-electron chi connectivity index (χ2n) is 10.3. The molecule has 5 N–H and O–H groups in total. The standard InChI is InChI=1S/C32H32N8O4/c1-20(22-12-6-3-7-13-22)33-30(42)25-16-9-17-26(35-25)31(43)36-27(18-21-10-4-2-5-11-21)28(41)32(44)34-24-15-8-14-23(19-24)29-37-39-40-38-29/h2-8,10-15,17,19-20,27-28,41H,9,16,18H2,1H3,(H,33,42)(H,34,44)(H,36,43)(H,37,38,39,40)/t20-,27?,28+/m1/s1. The summed E-state index contributed by atoms with van der Waals surface area (Å²) in [7, 11) is 0. The van der Waals surface area contributed by atoms with Crippen LogP contribution in [-0.2, 0) is 20.8 Å². The first-order valence-corrected chi connectivity index (χ1v) is 14.2. The Morgan fingerprint density at radius 1 is 0.932 bits per heavy atom. The third-order valence-corrected chi connectivity index (χ3v) is 7.11. The van der Waals surface area contributed by atoms with E-state index >= 15 is 0 Å². The molecule has 1 unspecified atom stereocenters. The predicted octanol–water partition coefficient (Wildman–Crippen LogP) is 2.89. The van der Waals surface area contributed by atoms with Crippen molar-refractivity contribution in [1.82, 2.24) is 31.3 Å². The maximum absolute atomic E-state index is 13.4. The van der Waals surface area contributed by atoms with E-state index in [0.717, 1.165) is 11.1 Å². The molecule has 3 atom stereocenters. The first-order chi connectivity index (χ1) is 21.4. The molecule has 2 heterocycles. The number of amides is 3. The predicted molar refractivity (Wildman–Crippen MR) is 164 cm³/mol. The number of H-pyrrole nitrogens is 1. The van der Waals surface area contributed by atoms with Crippen LogP contribution in [0, 0.1) is 0 Å². The summed E-state index contributed by atoms with van der Waals surface area (Å²) in [4.78, 5) is 43.9. The topological polar surface area (TPSA) is 174 Å². The van der Waals surface area contributed by atoms with Gasteiger partial charge >= 0.3 is 0 Å². The van der Waals surface area contributed by atoms with Gasteiger partial charge in [-0.1, -0.05) is 78.9 Å². The van der Waals surface area contributed by atoms with Crippen molar-refractivity contribution >= 4 is 29.1 Å². The number of aromatic nitrogens is 4. The normalized spacial score (nSPS) is 14.8. The molecule has 0 aliphatic carbocycles. The van der Waals surface area contributed by atoms with E-state index in [9.17, 15) is 19.5 Å². The van der Waals surface area contributed by atoms with E-state index in [1.807, 2.05) is 67.6 Å². The number of anilines is 1. The highest BCUT2D eigenvalue weighted by Crippen LogP contribution is 2.20. The first-order valence-electron chi connectivity index (χ1n) is 14.2. The average molecular weight is 593 g/mol. The van der Waals surface area contributed by atoms with Crippen LogP contribution in [0.3, 0.4) is 0 Å². The van der Waals surface area contributed by atoms with Crippen molar-refractivity contribution in [3.8, 4) is 11.4 Å². The summed E-state index contributed by atoms with van der Waals surface area (Å²) in [5.74, 6) is -1.33. The molecule has 1 aliphatic rings. The van der Waals surface area contributed by atoms with Gasteiger partial charge in [0.25, 0.3) is 17.7 Å². The van der Waals surface area contributed by atoms with Crippen molar-refractivity contribution in [2.45, 2.75) is 44.4 Å². The molecule has 224 valence electrons. The van der Waals surface area contributed by atoms with Crippen molar-refractivity contribution in [2.75, 3.05) is 5.32 Å². The van der Waals surface area contributed by atoms with Gasteiger partial charge in [0.05, 0.1) is 12.1 Å². The molecular weight excluding hydrogens is 560 g/mol. The van der Waals surface area contributed by atoms with Gasteiger partial charge in [-0.05, 0) is 54.7 Å². The van der Waals surface area contributed by atoms with Crippen molar-refractivity contribution < 1.29 is 19.5 Å². The lowest BCUT2D eigenvalue weighted by Crippen LogP contribution is -2.50. The summed E-state index contributed by atoms with van der Waals surface area (Å²) in [5.41, 5.74) is 3.05. The van der Waals surface area contributed by atoms with Gasteiger partial charge in [0.15, 0.2) is 6.10 Å². The Morgan fingerprint density at radius 3 is 2.41 bits per heavy atom. The molecule has 1 aromatic heterocycles. The number of rotatable bonds is 11. The lowest BCUT2D eigenvalue weighted by Gasteiger charge is -2.24. The zero-order valence-corrected chi connectivity index (χ0v) is 24.0. The van der Waals surface area contributed by atoms with Gasteiger partial charge in [-0.25, -0.2) is 4.99 Å². The van der Waals surface area contributed by atoms with Crippen LogP contribution in [0.15, 0.2) is 102 Å². The van der Waals surface area contributed by atoms with E-state index < -0.39 is 24.0 Å². The minimum absolute atomic E-state index is 0.0484. The van der Waals surface area contributed by atoms with Crippen molar-refractivity contribution in [3.05, 3.63) is 108 Å². The smallest absolute Gasteiger partial charge is 0.269 e. The average Bonchev–Trinajstić information content (AvgIpc) is 3.60. The number of aliphatic imine (C=N–C) groups is 1. The Labute approximate surface area is 253 Å². The third kappa shape index (κ3) is 7.66. The molecule has 5 rings (SSSR count). The molecule has 0 bridgehead atoms. The van der Waals surface area contributed by atoms with Crippen LogP contribution in [0.2, 0.25) is 0 Å². The maximum Gasteiger partial charge on any atom is 0.269 e. The number of carbonyl (C=O) groups excluding carboxylic acids is 3. The lowest BCUT2D eigenvalue weighted by molar-refractivity contribution is -0.127. The van der Waals surface area contributed by atoms with E-state index in [0.29, 0.717) is 29.9 Å². The van der Waals surface area contributed by atoms with Gasteiger partial charge in [-0.3, -0.25) is 14.4 Å². The number of aliphatic hydroxyl groups is 1. The Kier molecular flexibility index (Phi) is 9.62. The highest BCUT2D eigenvalue weighted by Gasteiger charge is 2.30. The fourth-order valence-electron chi connectivity index (χ4n) is 4.78. The Bertz CT molecular complexity index is 1660. The number of aliphatic hydroxyl groups excluding tert-OH is 1. The molecule has 3 aromatic carbocycles. The molecule has 44 heavy (non-hydrogen) atoms. The van der Waals surface area contributed by atoms with Gasteiger partial charge in [0.1, 0.15) is 11.4 Å². The number of nitrogens with zero attached hydrogens (tertiary/aromatic N) is 4. The first kappa shape index (κ1) is 30.0. The zero-order chi connectivity index (χ0) is 30.9. The second kappa shape index (κ2) is 14.1. The summed E-state index contributed by atoms with van der Waals surface area (Å²) in [6.45, 7) is 1.88. The summed E-state index contributed by atoms with van der Waals surface area (Å²) in [6.07, 6.45) is 1.02. The Morgan fingerprint density at radius 2 is 1.68 bits per heavy atom. The quantitative estimate of drug-likeness (QED) is 0.178. The van der Waals surface area contributed by atoms with Crippen molar-refractivity contribution in [1.29, 1.82) is 0 Å². The number of tetrazole rings is 1. The number of benzene rings is 3. The molecule has 0 saturated heterocycles. The van der Waals surface area contributed by atoms with Crippen LogP contribution in [0.1, 0.15) is 36.9 Å². The van der Waals surface area contributed by atoms with Gasteiger partial charge in [0, 0.05) is 11.3 Å². The van der Waals surface area contributed by atoms with Crippen LogP contribution in [0.4, 0.5) is 5.69 Å². The molecule has 4 aromatic rings. The minimum atomic E-state index is -1.62. The number of aromatic amines is 1. The summed E-state index contributed by atoms with van der Waals surface area (Å²) in [6, 6.07) is 24.3. The molecule has 1 aliphatic heterocycles. The monoisotopic (exact) mass is 592 g/mol.